The third-order valence-electron chi connectivity index (χ3n) is 3.62. The molecule has 0 bridgehead atoms. The highest BCUT2D eigenvalue weighted by molar-refractivity contribution is 7.99. The van der Waals surface area contributed by atoms with Gasteiger partial charge in [0.05, 0.1) is 5.75 Å². The molecule has 0 saturated carbocycles. The molecular weight excluding hydrogens is 340 g/mol. The van der Waals surface area contributed by atoms with Gasteiger partial charge < -0.3 is 9.47 Å². The van der Waals surface area contributed by atoms with Crippen LogP contribution in [-0.4, -0.2) is 44.9 Å². The van der Waals surface area contributed by atoms with Crippen molar-refractivity contribution < 1.29 is 14.3 Å². The second-order valence-corrected chi connectivity index (χ2v) is 6.22. The normalized spacial score (nSPS) is 12.8. The van der Waals surface area contributed by atoms with Crippen molar-refractivity contribution in [2.24, 2.45) is 0 Å². The molecule has 0 aliphatic carbocycles. The Morgan fingerprint density at radius 1 is 1.12 bits per heavy atom. The maximum absolute atomic E-state index is 12.4. The van der Waals surface area contributed by atoms with E-state index >= 15 is 0 Å². The summed E-state index contributed by atoms with van der Waals surface area (Å²) in [6.07, 6.45) is 3.38. The van der Waals surface area contributed by atoms with E-state index in [4.69, 9.17) is 9.47 Å². The molecule has 2 aromatic heterocycles. The molecule has 0 spiro atoms. The summed E-state index contributed by atoms with van der Waals surface area (Å²) in [4.78, 5) is 20.7. The molecule has 25 heavy (non-hydrogen) atoms. The Morgan fingerprint density at radius 2 is 1.92 bits per heavy atom. The summed E-state index contributed by atoms with van der Waals surface area (Å²) >= 11 is 1.29. The quantitative estimate of drug-likeness (QED) is 0.556. The third kappa shape index (κ3) is 3.48. The number of ketones is 1. The lowest BCUT2D eigenvalue weighted by molar-refractivity contribution is 0.102. The van der Waals surface area contributed by atoms with Crippen LogP contribution >= 0.6 is 11.8 Å². The van der Waals surface area contributed by atoms with Gasteiger partial charge in [-0.1, -0.05) is 11.8 Å². The van der Waals surface area contributed by atoms with E-state index in [9.17, 15) is 4.79 Å². The van der Waals surface area contributed by atoms with Crippen molar-refractivity contribution in [2.45, 2.75) is 5.16 Å². The van der Waals surface area contributed by atoms with Crippen LogP contribution in [0.1, 0.15) is 10.4 Å². The lowest BCUT2D eigenvalue weighted by Gasteiger charge is -2.18. The number of nitrogens with zero attached hydrogens (tertiary/aromatic N) is 3. The number of hydrogen-bond donors (Lipinski definition) is 1. The Balaban J connectivity index is 1.41. The number of rotatable bonds is 5. The van der Waals surface area contributed by atoms with Gasteiger partial charge in [0.2, 0.25) is 5.16 Å². The fraction of sp³-hybridized carbons (Fsp3) is 0.176. The number of carbonyl (C=O) groups is 1. The first-order valence-electron chi connectivity index (χ1n) is 7.68. The van der Waals surface area contributed by atoms with Gasteiger partial charge in [-0.05, 0) is 30.3 Å². The van der Waals surface area contributed by atoms with E-state index in [-0.39, 0.29) is 11.5 Å². The number of aromatic amines is 1. The molecular formula is C17H14N4O3S. The predicted molar refractivity (Wildman–Crippen MR) is 92.1 cm³/mol. The minimum Gasteiger partial charge on any atom is -0.486 e. The molecule has 4 rings (SSSR count). The van der Waals surface area contributed by atoms with Gasteiger partial charge in [0, 0.05) is 23.5 Å². The number of H-pyrrole nitrogens is 1. The van der Waals surface area contributed by atoms with Crippen LogP contribution in [-0.2, 0) is 0 Å². The summed E-state index contributed by atoms with van der Waals surface area (Å²) in [6, 6.07) is 8.92. The number of ether oxygens (including phenoxy) is 2. The standard InChI is InChI=1S/C17H14N4O3S/c22-13(12-1-2-14-15(9-12)24-8-7-23-14)10-25-17-19-16(20-21-17)11-3-5-18-6-4-11/h1-6,9H,7-8,10H2,(H,19,20,21). The Kier molecular flexibility index (Phi) is 4.34. The van der Waals surface area contributed by atoms with Gasteiger partial charge >= 0.3 is 0 Å². The summed E-state index contributed by atoms with van der Waals surface area (Å²) in [5, 5.41) is 7.53. The molecule has 7 nitrogen and oxygen atoms in total. The van der Waals surface area contributed by atoms with Crippen LogP contribution in [0.5, 0.6) is 11.5 Å². The first-order chi connectivity index (χ1) is 12.3. The Hall–Kier alpha value is -2.87. The van der Waals surface area contributed by atoms with Crippen LogP contribution in [0.4, 0.5) is 0 Å². The minimum absolute atomic E-state index is 0.0164. The highest BCUT2D eigenvalue weighted by atomic mass is 32.2. The van der Waals surface area contributed by atoms with Crippen LogP contribution in [0, 0.1) is 0 Å². The van der Waals surface area contributed by atoms with E-state index in [0.717, 1.165) is 5.56 Å². The van der Waals surface area contributed by atoms with E-state index in [1.807, 2.05) is 12.1 Å². The SMILES string of the molecule is O=C(CSc1n[nH]c(-c2ccncc2)n1)c1ccc2c(c1)OCCO2. The average Bonchev–Trinajstić information content (AvgIpc) is 3.15. The van der Waals surface area contributed by atoms with Crippen molar-refractivity contribution in [2.75, 3.05) is 19.0 Å². The molecule has 1 aromatic carbocycles. The van der Waals surface area contributed by atoms with Crippen molar-refractivity contribution in [3.8, 4) is 22.9 Å². The zero-order valence-corrected chi connectivity index (χ0v) is 14.0. The van der Waals surface area contributed by atoms with Gasteiger partial charge in [0.1, 0.15) is 13.2 Å². The van der Waals surface area contributed by atoms with Gasteiger partial charge in [-0.3, -0.25) is 14.9 Å². The number of thioether (sulfide) groups is 1. The van der Waals surface area contributed by atoms with E-state index < -0.39 is 0 Å². The summed E-state index contributed by atoms with van der Waals surface area (Å²) in [5.41, 5.74) is 1.48. The monoisotopic (exact) mass is 354 g/mol. The van der Waals surface area contributed by atoms with Crippen molar-refractivity contribution >= 4 is 17.5 Å². The topological polar surface area (TPSA) is 90.0 Å². The summed E-state index contributed by atoms with van der Waals surface area (Å²) in [6.45, 7) is 1.02. The lowest BCUT2D eigenvalue weighted by atomic mass is 10.1. The van der Waals surface area contributed by atoms with Crippen LogP contribution in [0.2, 0.25) is 0 Å². The van der Waals surface area contributed by atoms with Crippen molar-refractivity contribution in [3.05, 3.63) is 48.3 Å². The summed E-state index contributed by atoms with van der Waals surface area (Å²) in [5.74, 6) is 2.16. The molecule has 0 radical (unpaired) electrons. The molecule has 1 aliphatic rings. The minimum atomic E-state index is -0.0164. The van der Waals surface area contributed by atoms with E-state index in [1.54, 1.807) is 30.6 Å². The van der Waals surface area contributed by atoms with Gasteiger partial charge in [0.15, 0.2) is 23.1 Å². The molecule has 126 valence electrons. The number of hydrogen-bond acceptors (Lipinski definition) is 7. The molecule has 0 saturated heterocycles. The Bertz CT molecular complexity index is 898. The molecule has 0 fully saturated rings. The van der Waals surface area contributed by atoms with Gasteiger partial charge in [-0.25, -0.2) is 4.98 Å². The first-order valence-corrected chi connectivity index (χ1v) is 8.66. The number of Topliss-reactive ketones (excluding diaryl/α,β-unsaturated/α-hetero) is 1. The van der Waals surface area contributed by atoms with E-state index in [0.29, 0.717) is 41.3 Å². The smallest absolute Gasteiger partial charge is 0.209 e. The van der Waals surface area contributed by atoms with E-state index in [1.165, 1.54) is 11.8 Å². The molecule has 3 heterocycles. The number of aromatic nitrogens is 4. The largest absolute Gasteiger partial charge is 0.486 e. The zero-order chi connectivity index (χ0) is 17.1. The molecule has 3 aromatic rings. The highest BCUT2D eigenvalue weighted by Gasteiger charge is 2.16. The third-order valence-corrected chi connectivity index (χ3v) is 4.46. The van der Waals surface area contributed by atoms with Gasteiger partial charge in [-0.2, -0.15) is 0 Å². The maximum atomic E-state index is 12.4. The molecule has 1 aliphatic heterocycles. The van der Waals surface area contributed by atoms with Crippen molar-refractivity contribution in [1.82, 2.24) is 20.2 Å². The highest BCUT2D eigenvalue weighted by Crippen LogP contribution is 2.31. The van der Waals surface area contributed by atoms with Crippen LogP contribution < -0.4 is 9.47 Å². The molecule has 8 heteroatoms. The van der Waals surface area contributed by atoms with Crippen molar-refractivity contribution in [1.29, 1.82) is 0 Å². The zero-order valence-electron chi connectivity index (χ0n) is 13.1. The number of benzene rings is 1. The van der Waals surface area contributed by atoms with Gasteiger partial charge in [0.25, 0.3) is 0 Å². The molecule has 0 unspecified atom stereocenters. The number of fused-ring (bicyclic) bond motifs is 1. The lowest BCUT2D eigenvalue weighted by Crippen LogP contribution is -2.16. The molecule has 1 N–H and O–H groups in total. The van der Waals surface area contributed by atoms with Crippen LogP contribution in [0.15, 0.2) is 47.9 Å². The van der Waals surface area contributed by atoms with E-state index in [2.05, 4.69) is 20.2 Å². The molecule has 0 atom stereocenters. The average molecular weight is 354 g/mol. The summed E-state index contributed by atoms with van der Waals surface area (Å²) < 4.78 is 11.0. The first kappa shape index (κ1) is 15.6. The Labute approximate surface area is 147 Å². The number of nitrogens with one attached hydrogen (secondary N) is 1. The van der Waals surface area contributed by atoms with Crippen LogP contribution in [0.25, 0.3) is 11.4 Å². The fourth-order valence-electron chi connectivity index (χ4n) is 2.38. The second kappa shape index (κ2) is 6.94. The molecule has 0 amide bonds. The van der Waals surface area contributed by atoms with Crippen molar-refractivity contribution in [3.63, 3.8) is 0 Å². The number of carbonyl (C=O) groups excluding carboxylic acids is 1. The second-order valence-electron chi connectivity index (χ2n) is 5.27. The van der Waals surface area contributed by atoms with Gasteiger partial charge in [-0.15, -0.1) is 5.10 Å². The summed E-state index contributed by atoms with van der Waals surface area (Å²) in [7, 11) is 0. The number of pyridine rings is 1. The predicted octanol–water partition coefficient (Wildman–Crippen LogP) is 2.61. The fourth-order valence-corrected chi connectivity index (χ4v) is 3.07. The maximum Gasteiger partial charge on any atom is 0.209 e. The van der Waals surface area contributed by atoms with Crippen LogP contribution in [0.3, 0.4) is 0 Å². The Morgan fingerprint density at radius 3 is 2.76 bits per heavy atom.